The van der Waals surface area contributed by atoms with E-state index in [0.717, 1.165) is 26.1 Å². The van der Waals surface area contributed by atoms with Gasteiger partial charge < -0.3 is 10.5 Å². The molecule has 0 bridgehead atoms. The van der Waals surface area contributed by atoms with Crippen LogP contribution in [0.4, 0.5) is 0 Å². The highest BCUT2D eigenvalue weighted by molar-refractivity contribution is 4.87. The molecule has 0 heterocycles. The van der Waals surface area contributed by atoms with Crippen molar-refractivity contribution in [3.8, 4) is 0 Å². The molecule has 72 valence electrons. The van der Waals surface area contributed by atoms with Crippen molar-refractivity contribution in [1.82, 2.24) is 0 Å². The largest absolute Gasteiger partial charge is 0.381 e. The van der Waals surface area contributed by atoms with Crippen LogP contribution in [0.1, 0.15) is 39.5 Å². The minimum Gasteiger partial charge on any atom is -0.381 e. The summed E-state index contributed by atoms with van der Waals surface area (Å²) in [5.74, 6) is 0. The van der Waals surface area contributed by atoms with Crippen LogP contribution in [-0.2, 0) is 4.74 Å². The van der Waals surface area contributed by atoms with Crippen LogP contribution in [0.5, 0.6) is 0 Å². The van der Waals surface area contributed by atoms with Crippen molar-refractivity contribution in [2.75, 3.05) is 13.2 Å². The Labute approximate surface area is 75.5 Å². The molecule has 1 fully saturated rings. The average Bonchev–Trinajstić information content (AvgIpc) is 2.32. The second-order valence-electron chi connectivity index (χ2n) is 4.37. The number of hydrogen-bond donors (Lipinski definition) is 1. The lowest BCUT2D eigenvalue weighted by Crippen LogP contribution is -2.23. The van der Waals surface area contributed by atoms with Crippen LogP contribution >= 0.6 is 0 Å². The highest BCUT2D eigenvalue weighted by atomic mass is 16.5. The Morgan fingerprint density at radius 2 is 2.33 bits per heavy atom. The first-order chi connectivity index (χ1) is 5.66. The summed E-state index contributed by atoms with van der Waals surface area (Å²) >= 11 is 0. The Morgan fingerprint density at radius 3 is 2.83 bits per heavy atom. The monoisotopic (exact) mass is 171 g/mol. The fraction of sp³-hybridized carbons (Fsp3) is 1.00. The molecule has 12 heavy (non-hydrogen) atoms. The zero-order valence-corrected chi connectivity index (χ0v) is 8.31. The van der Waals surface area contributed by atoms with Gasteiger partial charge in [0.25, 0.3) is 0 Å². The fourth-order valence-corrected chi connectivity index (χ4v) is 1.96. The van der Waals surface area contributed by atoms with Crippen LogP contribution in [0, 0.1) is 5.41 Å². The molecular weight excluding hydrogens is 150 g/mol. The van der Waals surface area contributed by atoms with Gasteiger partial charge >= 0.3 is 0 Å². The molecule has 0 spiro atoms. The molecule has 0 amide bonds. The van der Waals surface area contributed by atoms with E-state index in [1.165, 1.54) is 12.8 Å². The molecule has 0 aromatic rings. The summed E-state index contributed by atoms with van der Waals surface area (Å²) in [5, 5.41) is 0. The second kappa shape index (κ2) is 4.24. The molecule has 0 saturated heterocycles. The number of nitrogens with two attached hydrogens (primary N) is 1. The first-order valence-electron chi connectivity index (χ1n) is 4.99. The van der Waals surface area contributed by atoms with E-state index in [9.17, 15) is 0 Å². The molecular formula is C10H21NO. The van der Waals surface area contributed by atoms with Gasteiger partial charge in [-0.3, -0.25) is 0 Å². The Hall–Kier alpha value is -0.0800. The van der Waals surface area contributed by atoms with Gasteiger partial charge in [-0.15, -0.1) is 0 Å². The van der Waals surface area contributed by atoms with E-state index in [1.54, 1.807) is 0 Å². The van der Waals surface area contributed by atoms with Crippen molar-refractivity contribution >= 4 is 0 Å². The van der Waals surface area contributed by atoms with Gasteiger partial charge in [-0.25, -0.2) is 0 Å². The lowest BCUT2D eigenvalue weighted by Gasteiger charge is -2.23. The standard InChI is InChI=1S/C10H21NO/c1-3-6-12-8-10(2)5-4-9(11)7-10/h9H,3-8,11H2,1-2H3. The molecule has 1 aliphatic carbocycles. The Balaban J connectivity index is 2.21. The minimum absolute atomic E-state index is 0.370. The van der Waals surface area contributed by atoms with Crippen molar-refractivity contribution in [2.24, 2.45) is 11.1 Å². The normalized spacial score (nSPS) is 35.8. The van der Waals surface area contributed by atoms with E-state index in [0.29, 0.717) is 11.5 Å². The molecule has 0 aliphatic heterocycles. The predicted octanol–water partition coefficient (Wildman–Crippen LogP) is 1.93. The van der Waals surface area contributed by atoms with Gasteiger partial charge in [-0.1, -0.05) is 13.8 Å². The zero-order chi connectivity index (χ0) is 9.03. The molecule has 2 heteroatoms. The highest BCUT2D eigenvalue weighted by Gasteiger charge is 2.33. The van der Waals surface area contributed by atoms with E-state index in [2.05, 4.69) is 13.8 Å². The van der Waals surface area contributed by atoms with E-state index >= 15 is 0 Å². The lowest BCUT2D eigenvalue weighted by molar-refractivity contribution is 0.0561. The van der Waals surface area contributed by atoms with E-state index in [4.69, 9.17) is 10.5 Å². The SMILES string of the molecule is CCCOCC1(C)CCC(N)C1. The maximum absolute atomic E-state index is 5.86. The Kier molecular flexibility index (Phi) is 3.53. The third-order valence-electron chi connectivity index (χ3n) is 2.67. The smallest absolute Gasteiger partial charge is 0.0520 e. The van der Waals surface area contributed by atoms with E-state index in [-0.39, 0.29) is 0 Å². The molecule has 2 N–H and O–H groups in total. The quantitative estimate of drug-likeness (QED) is 0.656. The second-order valence-corrected chi connectivity index (χ2v) is 4.37. The molecule has 0 aromatic heterocycles. The summed E-state index contributed by atoms with van der Waals surface area (Å²) < 4.78 is 5.56. The number of ether oxygens (including phenoxy) is 1. The molecule has 2 nitrogen and oxygen atoms in total. The van der Waals surface area contributed by atoms with Crippen LogP contribution in [0.3, 0.4) is 0 Å². The van der Waals surface area contributed by atoms with Gasteiger partial charge in [0.15, 0.2) is 0 Å². The molecule has 2 unspecified atom stereocenters. The summed E-state index contributed by atoms with van der Waals surface area (Å²) in [5.41, 5.74) is 6.23. The van der Waals surface area contributed by atoms with Gasteiger partial charge in [0, 0.05) is 12.6 Å². The van der Waals surface area contributed by atoms with Crippen LogP contribution in [0.25, 0.3) is 0 Å². The van der Waals surface area contributed by atoms with Gasteiger partial charge in [-0.05, 0) is 31.1 Å². The highest BCUT2D eigenvalue weighted by Crippen LogP contribution is 2.36. The zero-order valence-electron chi connectivity index (χ0n) is 8.31. The molecule has 1 aliphatic rings. The third kappa shape index (κ3) is 2.76. The topological polar surface area (TPSA) is 35.2 Å². The maximum Gasteiger partial charge on any atom is 0.0520 e. The minimum atomic E-state index is 0.370. The van der Waals surface area contributed by atoms with Crippen molar-refractivity contribution in [1.29, 1.82) is 0 Å². The summed E-state index contributed by atoms with van der Waals surface area (Å²) in [7, 11) is 0. The van der Waals surface area contributed by atoms with E-state index < -0.39 is 0 Å². The summed E-state index contributed by atoms with van der Waals surface area (Å²) in [4.78, 5) is 0. The molecule has 2 atom stereocenters. The van der Waals surface area contributed by atoms with Crippen LogP contribution < -0.4 is 5.73 Å². The van der Waals surface area contributed by atoms with Crippen molar-refractivity contribution < 1.29 is 4.74 Å². The van der Waals surface area contributed by atoms with Crippen molar-refractivity contribution in [3.05, 3.63) is 0 Å². The van der Waals surface area contributed by atoms with Crippen molar-refractivity contribution in [2.45, 2.75) is 45.6 Å². The van der Waals surface area contributed by atoms with Crippen LogP contribution in [0.2, 0.25) is 0 Å². The maximum atomic E-state index is 5.86. The van der Waals surface area contributed by atoms with Crippen LogP contribution in [0.15, 0.2) is 0 Å². The predicted molar refractivity (Wildman–Crippen MR) is 51.0 cm³/mol. The molecule has 1 saturated carbocycles. The van der Waals surface area contributed by atoms with E-state index in [1.807, 2.05) is 0 Å². The van der Waals surface area contributed by atoms with Gasteiger partial charge in [0.2, 0.25) is 0 Å². The molecule has 0 aromatic carbocycles. The third-order valence-corrected chi connectivity index (χ3v) is 2.67. The summed E-state index contributed by atoms with van der Waals surface area (Å²) in [6.45, 7) is 6.22. The first-order valence-corrected chi connectivity index (χ1v) is 4.99. The van der Waals surface area contributed by atoms with Gasteiger partial charge in [0.05, 0.1) is 6.61 Å². The number of hydrogen-bond acceptors (Lipinski definition) is 2. The summed E-state index contributed by atoms with van der Waals surface area (Å²) in [6.07, 6.45) is 4.66. The molecule has 0 radical (unpaired) electrons. The van der Waals surface area contributed by atoms with Crippen molar-refractivity contribution in [3.63, 3.8) is 0 Å². The van der Waals surface area contributed by atoms with Crippen LogP contribution in [-0.4, -0.2) is 19.3 Å². The Morgan fingerprint density at radius 1 is 1.58 bits per heavy atom. The number of rotatable bonds is 4. The molecule has 1 rings (SSSR count). The lowest BCUT2D eigenvalue weighted by atomic mass is 9.90. The first kappa shape index (κ1) is 10.0. The Bertz CT molecular complexity index is 138. The van der Waals surface area contributed by atoms with Gasteiger partial charge in [0.1, 0.15) is 0 Å². The fourth-order valence-electron chi connectivity index (χ4n) is 1.96. The van der Waals surface area contributed by atoms with Gasteiger partial charge in [-0.2, -0.15) is 0 Å². The summed E-state index contributed by atoms with van der Waals surface area (Å²) in [6, 6.07) is 0.417. The average molecular weight is 171 g/mol.